The average Bonchev–Trinajstić information content (AvgIpc) is 2.53. The Morgan fingerprint density at radius 2 is 1.61 bits per heavy atom. The van der Waals surface area contributed by atoms with Crippen LogP contribution >= 0.6 is 0 Å². The van der Waals surface area contributed by atoms with Crippen molar-refractivity contribution in [2.75, 3.05) is 25.6 Å². The Balaban J connectivity index is 2.51. The molecule has 0 aliphatic carbocycles. The molecule has 0 unspecified atom stereocenters. The van der Waals surface area contributed by atoms with Gasteiger partial charge in [0.05, 0.1) is 24.8 Å². The van der Waals surface area contributed by atoms with Gasteiger partial charge in [0.2, 0.25) is 0 Å². The zero-order chi connectivity index (χ0) is 17.2. The third kappa shape index (κ3) is 3.24. The van der Waals surface area contributed by atoms with E-state index in [4.69, 9.17) is 9.47 Å². The lowest BCUT2D eigenvalue weighted by Crippen LogP contribution is -2.27. The van der Waals surface area contributed by atoms with Crippen molar-refractivity contribution in [2.24, 2.45) is 0 Å². The second kappa shape index (κ2) is 6.45. The maximum Gasteiger partial charge on any atom is 0.264 e. The van der Waals surface area contributed by atoms with Crippen LogP contribution in [0, 0.1) is 12.7 Å². The Labute approximate surface area is 135 Å². The molecule has 0 N–H and O–H groups in total. The molecule has 0 saturated heterocycles. The minimum atomic E-state index is -3.93. The van der Waals surface area contributed by atoms with Crippen molar-refractivity contribution in [3.8, 4) is 11.5 Å². The van der Waals surface area contributed by atoms with Crippen molar-refractivity contribution in [1.29, 1.82) is 0 Å². The first-order valence-corrected chi connectivity index (χ1v) is 8.22. The summed E-state index contributed by atoms with van der Waals surface area (Å²) in [6.07, 6.45) is 0. The highest BCUT2D eigenvalue weighted by molar-refractivity contribution is 7.92. The highest BCUT2D eigenvalue weighted by Crippen LogP contribution is 2.33. The molecule has 23 heavy (non-hydrogen) atoms. The number of aryl methyl sites for hydroxylation is 1. The zero-order valence-corrected chi connectivity index (χ0v) is 14.1. The molecule has 0 spiro atoms. The second-order valence-electron chi connectivity index (χ2n) is 4.94. The quantitative estimate of drug-likeness (QED) is 0.840. The summed E-state index contributed by atoms with van der Waals surface area (Å²) in [6.45, 7) is 1.84. The molecule has 7 heteroatoms. The van der Waals surface area contributed by atoms with Crippen molar-refractivity contribution >= 4 is 15.7 Å². The van der Waals surface area contributed by atoms with Gasteiger partial charge in [0.1, 0.15) is 5.75 Å². The van der Waals surface area contributed by atoms with Gasteiger partial charge in [-0.1, -0.05) is 6.07 Å². The number of ether oxygens (including phenoxy) is 2. The smallest absolute Gasteiger partial charge is 0.264 e. The van der Waals surface area contributed by atoms with E-state index in [1.54, 1.807) is 12.1 Å². The van der Waals surface area contributed by atoms with E-state index >= 15 is 0 Å². The molecule has 0 saturated carbocycles. The fourth-order valence-electron chi connectivity index (χ4n) is 2.14. The summed E-state index contributed by atoms with van der Waals surface area (Å²) in [4.78, 5) is -0.165. The van der Waals surface area contributed by atoms with Crippen LogP contribution in [0.5, 0.6) is 11.5 Å². The van der Waals surface area contributed by atoms with Gasteiger partial charge in [0.15, 0.2) is 11.6 Å². The number of rotatable bonds is 5. The monoisotopic (exact) mass is 339 g/mol. The van der Waals surface area contributed by atoms with Gasteiger partial charge < -0.3 is 9.47 Å². The molecule has 0 atom stereocenters. The van der Waals surface area contributed by atoms with Crippen LogP contribution in [0.3, 0.4) is 0 Å². The van der Waals surface area contributed by atoms with Gasteiger partial charge in [-0.25, -0.2) is 12.8 Å². The summed E-state index contributed by atoms with van der Waals surface area (Å²) in [5.74, 6) is -0.339. The minimum absolute atomic E-state index is 0.0141. The van der Waals surface area contributed by atoms with Gasteiger partial charge in [0.25, 0.3) is 10.0 Å². The fourth-order valence-corrected chi connectivity index (χ4v) is 3.35. The van der Waals surface area contributed by atoms with Gasteiger partial charge in [0, 0.05) is 7.05 Å². The molecular formula is C16H18FNO4S. The maximum absolute atomic E-state index is 13.8. The number of halogens is 1. The predicted octanol–water partition coefficient (Wildman–Crippen LogP) is 2.98. The zero-order valence-electron chi connectivity index (χ0n) is 13.3. The number of sulfonamides is 1. The molecule has 5 nitrogen and oxygen atoms in total. The molecule has 0 aliphatic heterocycles. The van der Waals surface area contributed by atoms with Gasteiger partial charge in [-0.15, -0.1) is 0 Å². The SMILES string of the molecule is COc1ccc(S(=O)(=O)N(C)c2cc(C)ccc2OC)cc1F. The molecule has 0 bridgehead atoms. The first-order valence-electron chi connectivity index (χ1n) is 6.78. The maximum atomic E-state index is 13.8. The van der Waals surface area contributed by atoms with E-state index in [1.165, 1.54) is 33.4 Å². The van der Waals surface area contributed by atoms with Crippen molar-refractivity contribution < 1.29 is 22.3 Å². The minimum Gasteiger partial charge on any atom is -0.495 e. The van der Waals surface area contributed by atoms with Crippen LogP contribution in [-0.4, -0.2) is 29.7 Å². The average molecular weight is 339 g/mol. The molecule has 0 aromatic heterocycles. The highest BCUT2D eigenvalue weighted by atomic mass is 32.2. The Bertz CT molecular complexity index is 821. The largest absolute Gasteiger partial charge is 0.495 e. The van der Waals surface area contributed by atoms with E-state index in [1.807, 2.05) is 13.0 Å². The number of nitrogens with zero attached hydrogens (tertiary/aromatic N) is 1. The van der Waals surface area contributed by atoms with Crippen LogP contribution in [0.1, 0.15) is 5.56 Å². The van der Waals surface area contributed by atoms with Crippen molar-refractivity contribution in [3.05, 3.63) is 47.8 Å². The number of benzene rings is 2. The summed E-state index contributed by atoms with van der Waals surface area (Å²) in [7, 11) is 0.242. The van der Waals surface area contributed by atoms with E-state index in [0.29, 0.717) is 11.4 Å². The Morgan fingerprint density at radius 1 is 1.00 bits per heavy atom. The number of hydrogen-bond donors (Lipinski definition) is 0. The van der Waals surface area contributed by atoms with Crippen LogP contribution in [-0.2, 0) is 10.0 Å². The fraction of sp³-hybridized carbons (Fsp3) is 0.250. The Kier molecular flexibility index (Phi) is 4.79. The number of anilines is 1. The third-order valence-corrected chi connectivity index (χ3v) is 5.22. The molecule has 0 amide bonds. The van der Waals surface area contributed by atoms with E-state index in [9.17, 15) is 12.8 Å². The third-order valence-electron chi connectivity index (χ3n) is 3.46. The molecule has 0 fully saturated rings. The van der Waals surface area contributed by atoms with Gasteiger partial charge in [-0.05, 0) is 42.8 Å². The second-order valence-corrected chi connectivity index (χ2v) is 6.91. The lowest BCUT2D eigenvalue weighted by atomic mass is 10.2. The van der Waals surface area contributed by atoms with Gasteiger partial charge >= 0.3 is 0 Å². The van der Waals surface area contributed by atoms with Crippen LogP contribution in [0.15, 0.2) is 41.3 Å². The van der Waals surface area contributed by atoms with E-state index in [-0.39, 0.29) is 10.6 Å². The molecule has 2 aromatic carbocycles. The topological polar surface area (TPSA) is 55.8 Å². The highest BCUT2D eigenvalue weighted by Gasteiger charge is 2.25. The van der Waals surface area contributed by atoms with Crippen molar-refractivity contribution in [3.63, 3.8) is 0 Å². The Hall–Kier alpha value is -2.28. The van der Waals surface area contributed by atoms with Crippen LogP contribution in [0.4, 0.5) is 10.1 Å². The molecule has 2 rings (SSSR count). The Morgan fingerprint density at radius 3 is 2.17 bits per heavy atom. The van der Waals surface area contributed by atoms with Crippen LogP contribution < -0.4 is 13.8 Å². The number of methoxy groups -OCH3 is 2. The summed E-state index contributed by atoms with van der Waals surface area (Å²) in [5, 5.41) is 0. The predicted molar refractivity (Wildman–Crippen MR) is 86.3 cm³/mol. The molecule has 2 aromatic rings. The summed E-state index contributed by atoms with van der Waals surface area (Å²) < 4.78 is 50.4. The van der Waals surface area contributed by atoms with Crippen molar-refractivity contribution in [1.82, 2.24) is 0 Å². The molecule has 0 radical (unpaired) electrons. The molecule has 0 aliphatic rings. The molecule has 124 valence electrons. The molecule has 0 heterocycles. The normalized spacial score (nSPS) is 11.2. The summed E-state index contributed by atoms with van der Waals surface area (Å²) >= 11 is 0. The lowest BCUT2D eigenvalue weighted by molar-refractivity contribution is 0.385. The van der Waals surface area contributed by atoms with Crippen LogP contribution in [0.2, 0.25) is 0 Å². The lowest BCUT2D eigenvalue weighted by Gasteiger charge is -2.22. The standard InChI is InChI=1S/C16H18FNO4S/c1-11-5-7-16(22-4)14(9-11)18(2)23(19,20)12-6-8-15(21-3)13(17)10-12/h5-10H,1-4H3. The molecular weight excluding hydrogens is 321 g/mol. The van der Waals surface area contributed by atoms with Gasteiger partial charge in [-0.2, -0.15) is 0 Å². The van der Waals surface area contributed by atoms with Crippen LogP contribution in [0.25, 0.3) is 0 Å². The van der Waals surface area contributed by atoms with E-state index in [2.05, 4.69) is 0 Å². The summed E-state index contributed by atoms with van der Waals surface area (Å²) in [5.41, 5.74) is 1.26. The first kappa shape index (κ1) is 17.1. The first-order chi connectivity index (χ1) is 10.8. The van der Waals surface area contributed by atoms with Gasteiger partial charge in [-0.3, -0.25) is 4.31 Å². The van der Waals surface area contributed by atoms with Crippen molar-refractivity contribution in [2.45, 2.75) is 11.8 Å². The summed E-state index contributed by atoms with van der Waals surface area (Å²) in [6, 6.07) is 8.71. The number of hydrogen-bond acceptors (Lipinski definition) is 4. The van der Waals surface area contributed by atoms with E-state index in [0.717, 1.165) is 15.9 Å². The van der Waals surface area contributed by atoms with E-state index < -0.39 is 15.8 Å².